The SMILES string of the molecule is CCNC(=NCc1ccc(F)cc1C(F)(F)F)NCc1nccn1CC(C)C. The van der Waals surface area contributed by atoms with Gasteiger partial charge in [0.15, 0.2) is 5.96 Å². The fraction of sp³-hybridized carbons (Fsp3) is 0.474. The predicted octanol–water partition coefficient (Wildman–Crippen LogP) is 3.95. The second kappa shape index (κ2) is 9.57. The second-order valence-corrected chi connectivity index (χ2v) is 6.74. The van der Waals surface area contributed by atoms with Gasteiger partial charge in [-0.3, -0.25) is 0 Å². The Morgan fingerprint density at radius 3 is 2.64 bits per heavy atom. The molecule has 0 saturated carbocycles. The Balaban J connectivity index is 2.13. The van der Waals surface area contributed by atoms with Crippen LogP contribution in [0.25, 0.3) is 0 Å². The molecule has 0 unspecified atom stereocenters. The molecule has 2 N–H and O–H groups in total. The first-order valence-electron chi connectivity index (χ1n) is 9.08. The number of rotatable bonds is 7. The Bertz CT molecular complexity index is 796. The van der Waals surface area contributed by atoms with Crippen LogP contribution in [0.5, 0.6) is 0 Å². The van der Waals surface area contributed by atoms with Gasteiger partial charge in [-0.15, -0.1) is 0 Å². The van der Waals surface area contributed by atoms with E-state index in [1.165, 1.54) is 0 Å². The summed E-state index contributed by atoms with van der Waals surface area (Å²) in [6.07, 6.45) is -1.05. The fourth-order valence-electron chi connectivity index (χ4n) is 2.69. The third kappa shape index (κ3) is 6.24. The van der Waals surface area contributed by atoms with Crippen LogP contribution in [-0.2, 0) is 25.8 Å². The molecule has 0 atom stereocenters. The molecular formula is C19H25F4N5. The predicted molar refractivity (Wildman–Crippen MR) is 100 cm³/mol. The number of aromatic nitrogens is 2. The van der Waals surface area contributed by atoms with Crippen LogP contribution in [0.15, 0.2) is 35.6 Å². The molecule has 0 aliphatic rings. The molecule has 0 aliphatic carbocycles. The molecule has 0 bridgehead atoms. The minimum atomic E-state index is -4.64. The van der Waals surface area contributed by atoms with Gasteiger partial charge in [-0.25, -0.2) is 14.4 Å². The zero-order chi connectivity index (χ0) is 20.7. The summed E-state index contributed by atoms with van der Waals surface area (Å²) < 4.78 is 54.6. The van der Waals surface area contributed by atoms with Crippen molar-refractivity contribution in [2.75, 3.05) is 6.54 Å². The Hall–Kier alpha value is -2.58. The first-order valence-corrected chi connectivity index (χ1v) is 9.08. The summed E-state index contributed by atoms with van der Waals surface area (Å²) in [6.45, 7) is 7.56. The number of imidazole rings is 1. The largest absolute Gasteiger partial charge is 0.416 e. The minimum Gasteiger partial charge on any atom is -0.357 e. The maximum atomic E-state index is 13.2. The highest BCUT2D eigenvalue weighted by atomic mass is 19.4. The van der Waals surface area contributed by atoms with Crippen molar-refractivity contribution in [1.82, 2.24) is 20.2 Å². The summed E-state index contributed by atoms with van der Waals surface area (Å²) in [6, 6.07) is 2.61. The van der Waals surface area contributed by atoms with Crippen molar-refractivity contribution in [3.8, 4) is 0 Å². The van der Waals surface area contributed by atoms with Crippen LogP contribution in [0.4, 0.5) is 17.6 Å². The van der Waals surface area contributed by atoms with Gasteiger partial charge < -0.3 is 15.2 Å². The van der Waals surface area contributed by atoms with Crippen LogP contribution >= 0.6 is 0 Å². The molecule has 1 aromatic heterocycles. The van der Waals surface area contributed by atoms with Gasteiger partial charge in [0.2, 0.25) is 0 Å². The molecule has 0 radical (unpaired) electrons. The Morgan fingerprint density at radius 2 is 2.00 bits per heavy atom. The molecule has 0 aliphatic heterocycles. The maximum absolute atomic E-state index is 13.2. The topological polar surface area (TPSA) is 54.2 Å². The monoisotopic (exact) mass is 399 g/mol. The van der Waals surface area contributed by atoms with E-state index in [9.17, 15) is 17.6 Å². The fourth-order valence-corrected chi connectivity index (χ4v) is 2.69. The molecule has 1 aromatic carbocycles. The lowest BCUT2D eigenvalue weighted by molar-refractivity contribution is -0.138. The van der Waals surface area contributed by atoms with Crippen LogP contribution in [0, 0.1) is 11.7 Å². The van der Waals surface area contributed by atoms with E-state index >= 15 is 0 Å². The smallest absolute Gasteiger partial charge is 0.357 e. The van der Waals surface area contributed by atoms with E-state index in [4.69, 9.17) is 0 Å². The van der Waals surface area contributed by atoms with Crippen molar-refractivity contribution in [2.45, 2.75) is 46.6 Å². The Kier molecular flexibility index (Phi) is 7.42. The Morgan fingerprint density at radius 1 is 1.25 bits per heavy atom. The molecule has 1 heterocycles. The van der Waals surface area contributed by atoms with E-state index < -0.39 is 17.6 Å². The van der Waals surface area contributed by atoms with Gasteiger partial charge in [0.05, 0.1) is 18.7 Å². The third-order valence-electron chi connectivity index (χ3n) is 3.91. The molecular weight excluding hydrogens is 374 g/mol. The normalized spacial score (nSPS) is 12.5. The van der Waals surface area contributed by atoms with Gasteiger partial charge in [0.25, 0.3) is 0 Å². The van der Waals surface area contributed by atoms with E-state index in [-0.39, 0.29) is 12.1 Å². The summed E-state index contributed by atoms with van der Waals surface area (Å²) in [5.41, 5.74) is -1.10. The number of aliphatic imine (C=N–C) groups is 1. The summed E-state index contributed by atoms with van der Waals surface area (Å²) in [7, 11) is 0. The van der Waals surface area contributed by atoms with Gasteiger partial charge in [-0.05, 0) is 30.5 Å². The number of guanidine groups is 1. The lowest BCUT2D eigenvalue weighted by Gasteiger charge is -2.15. The molecule has 9 heteroatoms. The molecule has 5 nitrogen and oxygen atoms in total. The van der Waals surface area contributed by atoms with Crippen LogP contribution < -0.4 is 10.6 Å². The van der Waals surface area contributed by atoms with E-state index in [1.54, 1.807) is 6.20 Å². The van der Waals surface area contributed by atoms with Crippen molar-refractivity contribution in [3.05, 3.63) is 53.4 Å². The standard InChI is InChI=1S/C19H25F4N5/c1-4-24-18(27-11-17-25-7-8-28(17)12-13(2)3)26-10-14-5-6-15(20)9-16(14)19(21,22)23/h5-9,13H,4,10-12H2,1-3H3,(H2,24,26,27). The second-order valence-electron chi connectivity index (χ2n) is 6.74. The number of hydrogen-bond donors (Lipinski definition) is 2. The van der Waals surface area contributed by atoms with Crippen molar-refractivity contribution >= 4 is 5.96 Å². The quantitative estimate of drug-likeness (QED) is 0.421. The first-order chi connectivity index (χ1) is 13.2. The van der Waals surface area contributed by atoms with Gasteiger partial charge in [-0.2, -0.15) is 13.2 Å². The lowest BCUT2D eigenvalue weighted by atomic mass is 10.1. The summed E-state index contributed by atoms with van der Waals surface area (Å²) >= 11 is 0. The molecule has 0 spiro atoms. The highest BCUT2D eigenvalue weighted by Crippen LogP contribution is 2.32. The van der Waals surface area contributed by atoms with E-state index in [2.05, 4.69) is 34.5 Å². The maximum Gasteiger partial charge on any atom is 0.416 e. The van der Waals surface area contributed by atoms with Crippen LogP contribution in [-0.4, -0.2) is 22.1 Å². The van der Waals surface area contributed by atoms with Gasteiger partial charge in [-0.1, -0.05) is 19.9 Å². The molecule has 2 rings (SSSR count). The number of alkyl halides is 3. The molecule has 28 heavy (non-hydrogen) atoms. The van der Waals surface area contributed by atoms with Gasteiger partial charge >= 0.3 is 6.18 Å². The van der Waals surface area contributed by atoms with E-state index in [0.717, 1.165) is 24.5 Å². The van der Waals surface area contributed by atoms with Gasteiger partial charge in [0.1, 0.15) is 11.6 Å². The van der Waals surface area contributed by atoms with Crippen molar-refractivity contribution < 1.29 is 17.6 Å². The molecule has 2 aromatic rings. The summed E-state index contributed by atoms with van der Waals surface area (Å²) in [5, 5.41) is 6.07. The zero-order valence-electron chi connectivity index (χ0n) is 16.1. The number of halogens is 4. The zero-order valence-corrected chi connectivity index (χ0v) is 16.1. The minimum absolute atomic E-state index is 0.0904. The van der Waals surface area contributed by atoms with Gasteiger partial charge in [0, 0.05) is 25.5 Å². The highest BCUT2D eigenvalue weighted by molar-refractivity contribution is 5.79. The molecule has 0 amide bonds. The number of nitrogens with one attached hydrogen (secondary N) is 2. The van der Waals surface area contributed by atoms with Crippen molar-refractivity contribution in [2.24, 2.45) is 10.9 Å². The average molecular weight is 399 g/mol. The van der Waals surface area contributed by atoms with Crippen molar-refractivity contribution in [1.29, 1.82) is 0 Å². The van der Waals surface area contributed by atoms with E-state index in [0.29, 0.717) is 31.0 Å². The summed E-state index contributed by atoms with van der Waals surface area (Å²) in [4.78, 5) is 8.52. The van der Waals surface area contributed by atoms with Crippen LogP contribution in [0.1, 0.15) is 37.7 Å². The van der Waals surface area contributed by atoms with Crippen molar-refractivity contribution in [3.63, 3.8) is 0 Å². The Labute approximate surface area is 161 Å². The third-order valence-corrected chi connectivity index (χ3v) is 3.91. The first kappa shape index (κ1) is 21.7. The average Bonchev–Trinajstić information content (AvgIpc) is 3.03. The highest BCUT2D eigenvalue weighted by Gasteiger charge is 2.33. The number of nitrogens with zero attached hydrogens (tertiary/aromatic N) is 3. The number of benzene rings is 1. The van der Waals surface area contributed by atoms with E-state index in [1.807, 2.05) is 17.7 Å². The number of hydrogen-bond acceptors (Lipinski definition) is 2. The van der Waals surface area contributed by atoms with Crippen LogP contribution in [0.2, 0.25) is 0 Å². The molecule has 154 valence electrons. The van der Waals surface area contributed by atoms with Crippen LogP contribution in [0.3, 0.4) is 0 Å². The molecule has 0 fully saturated rings. The molecule has 0 saturated heterocycles. The summed E-state index contributed by atoms with van der Waals surface area (Å²) in [5.74, 6) is 0.687. The lowest BCUT2D eigenvalue weighted by Crippen LogP contribution is -2.37.